The summed E-state index contributed by atoms with van der Waals surface area (Å²) < 4.78 is 48.0. The van der Waals surface area contributed by atoms with Gasteiger partial charge in [0, 0.05) is 62.0 Å². The normalized spacial score (nSPS) is 29.5. The standard InChI is InChI=1S/C42H54ClN5O7S/c1-6-7-19-54-36-16-17-37(52-4)32-13-10-30(32)22-48-25-42(18-8-9-28-20-31(43)12-14-34(28)42)26-55-38-15-11-29(21-35(38)48)39(49)45-56(51,24-27(36)2)46-40(50)33-23-47(3)44-41(33)53-5/h11-12,14-17,20-21,23,27,30,32,36-37H,6-10,13,18-19,22,24-26H2,1-5H3,(H,45,46,49,50,51)/b17-16+/t27-,30+,32-,36+,37+,42+,56?/m1/s1. The topological polar surface area (TPSA) is 134 Å². The lowest BCUT2D eigenvalue weighted by molar-refractivity contribution is 0.0108. The van der Waals surface area contributed by atoms with Gasteiger partial charge in [-0.3, -0.25) is 19.0 Å². The number of unbranched alkanes of at least 4 members (excludes halogenated alkanes) is 1. The first-order chi connectivity index (χ1) is 26.9. The maximum absolute atomic E-state index is 15.0. The second kappa shape index (κ2) is 16.9. The monoisotopic (exact) mass is 807 g/mol. The maximum atomic E-state index is 15.0. The molecular weight excluding hydrogens is 754 g/mol. The van der Waals surface area contributed by atoms with Crippen LogP contribution in [-0.4, -0.2) is 84.3 Å². The number of carbonyl (C=O) groups excluding carboxylic acids is 2. The summed E-state index contributed by atoms with van der Waals surface area (Å²) >= 11 is 6.49. The Morgan fingerprint density at radius 3 is 2.71 bits per heavy atom. The summed E-state index contributed by atoms with van der Waals surface area (Å²) in [5.41, 5.74) is 3.33. The molecule has 1 aromatic heterocycles. The first kappa shape index (κ1) is 40.3. The third kappa shape index (κ3) is 8.37. The van der Waals surface area contributed by atoms with Gasteiger partial charge in [0.25, 0.3) is 11.8 Å². The van der Waals surface area contributed by atoms with Crippen molar-refractivity contribution in [2.45, 2.75) is 76.4 Å². The molecular formula is C42H54ClN5O7S. The van der Waals surface area contributed by atoms with Crippen LogP contribution in [-0.2, 0) is 38.3 Å². The van der Waals surface area contributed by atoms with Crippen molar-refractivity contribution in [2.24, 2.45) is 29.2 Å². The lowest BCUT2D eigenvalue weighted by Crippen LogP contribution is -2.49. The smallest absolute Gasteiger partial charge is 0.286 e. The van der Waals surface area contributed by atoms with Crippen LogP contribution in [0.3, 0.4) is 0 Å². The Bertz CT molecular complexity index is 2100. The van der Waals surface area contributed by atoms with E-state index in [0.717, 1.165) is 62.2 Å². The molecule has 12 nitrogen and oxygen atoms in total. The van der Waals surface area contributed by atoms with Crippen molar-refractivity contribution >= 4 is 39.0 Å². The average Bonchev–Trinajstić information content (AvgIpc) is 3.48. The van der Waals surface area contributed by atoms with Crippen molar-refractivity contribution in [1.82, 2.24) is 14.5 Å². The van der Waals surface area contributed by atoms with E-state index < -0.39 is 33.8 Å². The third-order valence-electron chi connectivity index (χ3n) is 12.0. The van der Waals surface area contributed by atoms with E-state index in [2.05, 4.69) is 44.2 Å². The molecule has 1 N–H and O–H groups in total. The van der Waals surface area contributed by atoms with Crippen molar-refractivity contribution in [3.63, 3.8) is 0 Å². The molecule has 1 fully saturated rings. The Hall–Kier alpha value is -3.91. The highest BCUT2D eigenvalue weighted by molar-refractivity contribution is 7.92. The molecule has 2 aliphatic heterocycles. The van der Waals surface area contributed by atoms with Crippen LogP contribution < -0.4 is 19.1 Å². The first-order valence-electron chi connectivity index (χ1n) is 19.8. The summed E-state index contributed by atoms with van der Waals surface area (Å²) in [5, 5.41) is 4.91. The molecule has 1 saturated carbocycles. The molecule has 1 spiro atoms. The second-order valence-electron chi connectivity index (χ2n) is 15.9. The van der Waals surface area contributed by atoms with Crippen molar-refractivity contribution < 1.29 is 32.7 Å². The van der Waals surface area contributed by atoms with E-state index in [1.165, 1.54) is 29.1 Å². The number of ether oxygens (including phenoxy) is 4. The van der Waals surface area contributed by atoms with Gasteiger partial charge in [-0.25, -0.2) is 4.21 Å². The fraction of sp³-hybridized carbons (Fsp3) is 0.548. The van der Waals surface area contributed by atoms with Crippen LogP contribution in [0.5, 0.6) is 11.6 Å². The lowest BCUT2D eigenvalue weighted by atomic mass is 9.68. The van der Waals surface area contributed by atoms with Crippen LogP contribution in [0.2, 0.25) is 5.02 Å². The molecule has 3 heterocycles. The SMILES string of the molecule is CCCCO[C@H]1/C=C/[C@H](OC)[C@@H]2CC[C@H]2CN2C[C@@]3(CCCc4cc(Cl)ccc43)COc3ccc(cc32)C(=O)N=S(=O)(NC(=O)c2cn(C)nc2OC)C[C@H]1C. The van der Waals surface area contributed by atoms with Crippen molar-refractivity contribution in [3.8, 4) is 11.6 Å². The zero-order chi connectivity index (χ0) is 39.6. The molecule has 0 saturated heterocycles. The Morgan fingerprint density at radius 1 is 1.14 bits per heavy atom. The van der Waals surface area contributed by atoms with Gasteiger partial charge in [0.1, 0.15) is 21.2 Å². The number of nitrogens with one attached hydrogen (secondary N) is 1. The highest BCUT2D eigenvalue weighted by atomic mass is 35.5. The predicted molar refractivity (Wildman–Crippen MR) is 217 cm³/mol. The zero-order valence-electron chi connectivity index (χ0n) is 33.0. The van der Waals surface area contributed by atoms with Crippen LogP contribution in [0, 0.1) is 17.8 Å². The summed E-state index contributed by atoms with van der Waals surface area (Å²) in [5.74, 6) is -0.645. The number of carbonyl (C=O) groups is 2. The van der Waals surface area contributed by atoms with Gasteiger partial charge in [-0.1, -0.05) is 50.1 Å². The molecule has 14 heteroatoms. The number of aromatic nitrogens is 2. The van der Waals surface area contributed by atoms with Crippen molar-refractivity contribution in [2.75, 3.05) is 51.2 Å². The Morgan fingerprint density at radius 2 is 1.96 bits per heavy atom. The van der Waals surface area contributed by atoms with E-state index in [1.54, 1.807) is 20.2 Å². The molecule has 1 unspecified atom stereocenters. The van der Waals surface area contributed by atoms with Crippen LogP contribution in [0.4, 0.5) is 5.69 Å². The Labute approximate surface area is 335 Å². The molecule has 3 aromatic rings. The molecule has 2 amide bonds. The number of nitrogens with zero attached hydrogens (tertiary/aromatic N) is 4. The number of anilines is 1. The fourth-order valence-corrected chi connectivity index (χ4v) is 11.0. The third-order valence-corrected chi connectivity index (χ3v) is 14.2. The minimum absolute atomic E-state index is 0.0662. The quantitative estimate of drug-likeness (QED) is 0.190. The fourth-order valence-electron chi connectivity index (χ4n) is 8.89. The number of hydrogen-bond donors (Lipinski definition) is 1. The largest absolute Gasteiger partial charge is 0.490 e. The van der Waals surface area contributed by atoms with Gasteiger partial charge in [-0.05, 0) is 91.8 Å². The van der Waals surface area contributed by atoms with Gasteiger partial charge in [0.05, 0.1) is 37.4 Å². The van der Waals surface area contributed by atoms with Crippen LogP contribution >= 0.6 is 11.6 Å². The summed E-state index contributed by atoms with van der Waals surface area (Å²) in [6, 6.07) is 11.5. The number of benzene rings is 2. The number of hydrogen-bond acceptors (Lipinski definition) is 9. The number of amides is 2. The van der Waals surface area contributed by atoms with Gasteiger partial charge >= 0.3 is 0 Å². The van der Waals surface area contributed by atoms with E-state index in [1.807, 2.05) is 31.2 Å². The molecule has 2 aromatic carbocycles. The van der Waals surface area contributed by atoms with Gasteiger partial charge in [0.2, 0.25) is 5.88 Å². The van der Waals surface area contributed by atoms with E-state index in [9.17, 15) is 13.8 Å². The number of aryl methyl sites for hydroxylation is 2. The molecule has 56 heavy (non-hydrogen) atoms. The second-order valence-corrected chi connectivity index (χ2v) is 18.3. The van der Waals surface area contributed by atoms with Crippen LogP contribution in [0.25, 0.3) is 0 Å². The number of halogens is 1. The summed E-state index contributed by atoms with van der Waals surface area (Å²) in [7, 11) is 1.07. The molecule has 4 aliphatic rings. The van der Waals surface area contributed by atoms with Crippen molar-refractivity contribution in [3.05, 3.63) is 82.0 Å². The number of rotatable bonds is 8. The first-order valence-corrected chi connectivity index (χ1v) is 21.8. The van der Waals surface area contributed by atoms with E-state index in [4.69, 9.17) is 30.5 Å². The molecule has 0 radical (unpaired) electrons. The van der Waals surface area contributed by atoms with Crippen molar-refractivity contribution in [1.29, 1.82) is 0 Å². The molecule has 302 valence electrons. The molecule has 7 atom stereocenters. The molecule has 2 bridgehead atoms. The highest BCUT2D eigenvalue weighted by Gasteiger charge is 2.44. The molecule has 7 rings (SSSR count). The van der Waals surface area contributed by atoms with Gasteiger partial charge in [-0.2, -0.15) is 0 Å². The minimum Gasteiger partial charge on any atom is -0.490 e. The predicted octanol–water partition coefficient (Wildman–Crippen LogP) is 6.94. The minimum atomic E-state index is -3.74. The summed E-state index contributed by atoms with van der Waals surface area (Å²) in [6.07, 6.45) is 11.7. The Balaban J connectivity index is 1.33. The highest BCUT2D eigenvalue weighted by Crippen LogP contribution is 2.47. The maximum Gasteiger partial charge on any atom is 0.286 e. The zero-order valence-corrected chi connectivity index (χ0v) is 34.6. The van der Waals surface area contributed by atoms with Crippen LogP contribution in [0.15, 0.2) is 59.1 Å². The van der Waals surface area contributed by atoms with E-state index in [0.29, 0.717) is 31.4 Å². The van der Waals surface area contributed by atoms with Gasteiger partial charge in [-0.15, -0.1) is 9.46 Å². The average molecular weight is 808 g/mol. The van der Waals surface area contributed by atoms with Crippen LogP contribution in [0.1, 0.15) is 84.2 Å². The lowest BCUT2D eigenvalue weighted by Gasteiger charge is -2.46. The summed E-state index contributed by atoms with van der Waals surface area (Å²) in [4.78, 5) is 30.4. The number of methoxy groups -OCH3 is 2. The van der Waals surface area contributed by atoms with E-state index in [-0.39, 0.29) is 40.2 Å². The summed E-state index contributed by atoms with van der Waals surface area (Å²) in [6.45, 7) is 6.40. The number of fused-ring (bicyclic) bond motifs is 4. The van der Waals surface area contributed by atoms with Gasteiger partial charge < -0.3 is 23.8 Å². The van der Waals surface area contributed by atoms with Gasteiger partial charge in [0.15, 0.2) is 0 Å². The molecule has 2 aliphatic carbocycles. The van der Waals surface area contributed by atoms with E-state index >= 15 is 0 Å². The Kier molecular flexibility index (Phi) is 12.2.